The van der Waals surface area contributed by atoms with Crippen LogP contribution < -0.4 is 10.1 Å². The summed E-state index contributed by atoms with van der Waals surface area (Å²) in [5, 5.41) is 4.87. The van der Waals surface area contributed by atoms with Gasteiger partial charge in [-0.05, 0) is 48.9 Å². The highest BCUT2D eigenvalue weighted by atomic mass is 32.2. The van der Waals surface area contributed by atoms with Gasteiger partial charge in [-0.2, -0.15) is 0 Å². The van der Waals surface area contributed by atoms with Crippen molar-refractivity contribution in [1.29, 1.82) is 0 Å². The van der Waals surface area contributed by atoms with Crippen LogP contribution in [0, 0.1) is 6.92 Å². The monoisotopic (exact) mass is 446 g/mol. The number of ether oxygens (including phenoxy) is 1. The summed E-state index contributed by atoms with van der Waals surface area (Å²) in [7, 11) is 0. The van der Waals surface area contributed by atoms with Crippen molar-refractivity contribution in [2.75, 3.05) is 5.32 Å². The molecule has 0 spiro atoms. The van der Waals surface area contributed by atoms with Gasteiger partial charge in [-0.1, -0.05) is 59.8 Å². The van der Waals surface area contributed by atoms with Crippen molar-refractivity contribution in [3.63, 3.8) is 0 Å². The smallest absolute Gasteiger partial charge is 0.230 e. The first kappa shape index (κ1) is 21.2. The predicted molar refractivity (Wildman–Crippen MR) is 128 cm³/mol. The number of aromatic nitrogens is 1. The van der Waals surface area contributed by atoms with E-state index in [0.717, 1.165) is 33.0 Å². The number of nitrogens with zero attached hydrogens (tertiary/aromatic N) is 1. The third-order valence-corrected chi connectivity index (χ3v) is 6.61. The fourth-order valence-corrected chi connectivity index (χ4v) is 4.67. The van der Waals surface area contributed by atoms with Crippen molar-refractivity contribution in [3.05, 3.63) is 101 Å². The van der Waals surface area contributed by atoms with Crippen molar-refractivity contribution >= 4 is 34.7 Å². The van der Waals surface area contributed by atoms with E-state index in [1.807, 2.05) is 60.0 Å². The third-order valence-electron chi connectivity index (χ3n) is 4.47. The summed E-state index contributed by atoms with van der Waals surface area (Å²) in [6.45, 7) is 2.09. The molecule has 31 heavy (non-hydrogen) atoms. The normalized spacial score (nSPS) is 10.6. The Labute approximate surface area is 190 Å². The lowest BCUT2D eigenvalue weighted by molar-refractivity contribution is -0.115. The lowest BCUT2D eigenvalue weighted by Crippen LogP contribution is -2.14. The maximum absolute atomic E-state index is 12.4. The maximum atomic E-state index is 12.4. The fourth-order valence-electron chi connectivity index (χ4n) is 2.87. The summed E-state index contributed by atoms with van der Waals surface area (Å²) >= 11 is 3.27. The molecule has 4 aromatic rings. The van der Waals surface area contributed by atoms with E-state index >= 15 is 0 Å². The van der Waals surface area contributed by atoms with Gasteiger partial charge in [0, 0.05) is 16.8 Å². The van der Waals surface area contributed by atoms with Gasteiger partial charge in [0.15, 0.2) is 0 Å². The molecule has 1 N–H and O–H groups in total. The summed E-state index contributed by atoms with van der Waals surface area (Å²) in [4.78, 5) is 17.0. The number of benzene rings is 3. The molecule has 0 unspecified atom stereocenters. The summed E-state index contributed by atoms with van der Waals surface area (Å²) in [5.74, 6) is 2.28. The Hall–Kier alpha value is -3.09. The second-order valence-corrected chi connectivity index (χ2v) is 9.12. The van der Waals surface area contributed by atoms with E-state index in [1.165, 1.54) is 11.1 Å². The average Bonchev–Trinajstić information content (AvgIpc) is 3.22. The molecule has 1 heterocycles. The highest BCUT2D eigenvalue weighted by molar-refractivity contribution is 8.00. The van der Waals surface area contributed by atoms with Gasteiger partial charge in [0.2, 0.25) is 5.91 Å². The van der Waals surface area contributed by atoms with E-state index in [4.69, 9.17) is 4.74 Å². The van der Waals surface area contributed by atoms with Crippen LogP contribution in [0.4, 0.5) is 5.69 Å². The van der Waals surface area contributed by atoms with E-state index in [1.54, 1.807) is 23.1 Å². The first-order valence-corrected chi connectivity index (χ1v) is 11.8. The van der Waals surface area contributed by atoms with Crippen molar-refractivity contribution < 1.29 is 9.53 Å². The highest BCUT2D eigenvalue weighted by Crippen LogP contribution is 2.27. The Bertz CT molecular complexity index is 1120. The van der Waals surface area contributed by atoms with Crippen molar-refractivity contribution in [3.8, 4) is 11.5 Å². The molecule has 6 heteroatoms. The van der Waals surface area contributed by atoms with Crippen LogP contribution >= 0.6 is 23.1 Å². The molecular weight excluding hydrogens is 424 g/mol. The first-order valence-electron chi connectivity index (χ1n) is 9.89. The largest absolute Gasteiger partial charge is 0.457 e. The van der Waals surface area contributed by atoms with Gasteiger partial charge in [-0.3, -0.25) is 4.79 Å². The molecule has 1 amide bonds. The molecule has 0 saturated carbocycles. The minimum atomic E-state index is -0.0860. The van der Waals surface area contributed by atoms with Crippen LogP contribution in [0.2, 0.25) is 0 Å². The Morgan fingerprint density at radius 2 is 1.68 bits per heavy atom. The molecule has 4 nitrogen and oxygen atoms in total. The van der Waals surface area contributed by atoms with E-state index < -0.39 is 0 Å². The van der Waals surface area contributed by atoms with Crippen LogP contribution in [-0.2, 0) is 17.0 Å². The number of amides is 1. The minimum Gasteiger partial charge on any atom is -0.457 e. The van der Waals surface area contributed by atoms with Crippen LogP contribution in [0.15, 0.2) is 88.6 Å². The zero-order chi connectivity index (χ0) is 21.5. The summed E-state index contributed by atoms with van der Waals surface area (Å²) in [5.41, 5.74) is 4.05. The number of hydrogen-bond acceptors (Lipinski definition) is 5. The zero-order valence-electron chi connectivity index (χ0n) is 17.1. The number of aryl methyl sites for hydroxylation is 1. The molecule has 0 atom stereocenters. The molecule has 0 saturated heterocycles. The first-order chi connectivity index (χ1) is 15.1. The Morgan fingerprint density at radius 1 is 0.968 bits per heavy atom. The molecule has 156 valence electrons. The number of hydrogen-bond donors (Lipinski definition) is 1. The van der Waals surface area contributed by atoms with E-state index in [-0.39, 0.29) is 12.3 Å². The van der Waals surface area contributed by atoms with Crippen LogP contribution in [-0.4, -0.2) is 10.9 Å². The fraction of sp³-hybridized carbons (Fsp3) is 0.120. The number of thiazole rings is 1. The van der Waals surface area contributed by atoms with Crippen LogP contribution in [0.3, 0.4) is 0 Å². The Kier molecular flexibility index (Phi) is 7.02. The van der Waals surface area contributed by atoms with Crippen LogP contribution in [0.25, 0.3) is 0 Å². The second-order valence-electron chi connectivity index (χ2n) is 7.04. The Balaban J connectivity index is 1.26. The minimum absolute atomic E-state index is 0.0860. The molecule has 0 radical (unpaired) electrons. The molecule has 0 bridgehead atoms. The molecular formula is C25H22N2O2S2. The number of nitrogens with one attached hydrogen (secondary N) is 1. The van der Waals surface area contributed by atoms with Gasteiger partial charge < -0.3 is 10.1 Å². The standard InChI is InChI=1S/C25H22N2O2S2/c1-18-7-9-19(10-8-18)16-30-25-27-21(17-31-25)15-24(28)26-20-11-13-23(14-12-20)29-22-5-3-2-4-6-22/h2-14,17H,15-16H2,1H3,(H,26,28). The molecule has 0 fully saturated rings. The van der Waals surface area contributed by atoms with Gasteiger partial charge in [0.25, 0.3) is 0 Å². The van der Waals surface area contributed by atoms with Crippen LogP contribution in [0.5, 0.6) is 11.5 Å². The van der Waals surface area contributed by atoms with Crippen molar-refractivity contribution in [2.24, 2.45) is 0 Å². The van der Waals surface area contributed by atoms with Gasteiger partial charge in [-0.15, -0.1) is 11.3 Å². The van der Waals surface area contributed by atoms with E-state index in [9.17, 15) is 4.79 Å². The predicted octanol–water partition coefficient (Wildman–Crippen LogP) is 6.72. The lowest BCUT2D eigenvalue weighted by atomic mass is 10.2. The third kappa shape index (κ3) is 6.44. The van der Waals surface area contributed by atoms with Crippen molar-refractivity contribution in [1.82, 2.24) is 4.98 Å². The molecule has 0 aliphatic heterocycles. The second kappa shape index (κ2) is 10.3. The lowest BCUT2D eigenvalue weighted by Gasteiger charge is -2.07. The van der Waals surface area contributed by atoms with Gasteiger partial charge in [0.1, 0.15) is 15.8 Å². The maximum Gasteiger partial charge on any atom is 0.230 e. The number of thioether (sulfide) groups is 1. The molecule has 0 aliphatic rings. The quantitative estimate of drug-likeness (QED) is 0.305. The molecule has 1 aromatic heterocycles. The number of para-hydroxylation sites is 1. The molecule has 3 aromatic carbocycles. The van der Waals surface area contributed by atoms with Gasteiger partial charge in [-0.25, -0.2) is 4.98 Å². The summed E-state index contributed by atoms with van der Waals surface area (Å²) < 4.78 is 6.75. The average molecular weight is 447 g/mol. The number of rotatable bonds is 8. The van der Waals surface area contributed by atoms with E-state index in [2.05, 4.69) is 41.5 Å². The van der Waals surface area contributed by atoms with Crippen molar-refractivity contribution in [2.45, 2.75) is 23.4 Å². The SMILES string of the molecule is Cc1ccc(CSc2nc(CC(=O)Nc3ccc(Oc4ccccc4)cc3)cs2)cc1. The Morgan fingerprint density at radius 3 is 2.42 bits per heavy atom. The highest BCUT2D eigenvalue weighted by Gasteiger charge is 2.09. The van der Waals surface area contributed by atoms with E-state index in [0.29, 0.717) is 0 Å². The number of carbonyl (C=O) groups is 1. The number of carbonyl (C=O) groups excluding carboxylic acids is 1. The number of anilines is 1. The van der Waals surface area contributed by atoms with Gasteiger partial charge >= 0.3 is 0 Å². The topological polar surface area (TPSA) is 51.2 Å². The summed E-state index contributed by atoms with van der Waals surface area (Å²) in [6, 6.07) is 25.5. The summed E-state index contributed by atoms with van der Waals surface area (Å²) in [6.07, 6.45) is 0.254. The zero-order valence-corrected chi connectivity index (χ0v) is 18.7. The van der Waals surface area contributed by atoms with Gasteiger partial charge in [0.05, 0.1) is 12.1 Å². The molecule has 0 aliphatic carbocycles. The molecule has 4 rings (SSSR count). The van der Waals surface area contributed by atoms with Crippen LogP contribution in [0.1, 0.15) is 16.8 Å².